The highest BCUT2D eigenvalue weighted by atomic mass is 16.5. The van der Waals surface area contributed by atoms with Gasteiger partial charge in [-0.1, -0.05) is 42.5 Å². The lowest BCUT2D eigenvalue weighted by Gasteiger charge is -2.27. The van der Waals surface area contributed by atoms with Crippen LogP contribution in [0, 0.1) is 0 Å². The Bertz CT molecular complexity index is 950. The molecule has 5 N–H and O–H groups in total. The van der Waals surface area contributed by atoms with Crippen LogP contribution in [0.1, 0.15) is 36.4 Å². The van der Waals surface area contributed by atoms with E-state index in [9.17, 15) is 14.4 Å². The molecule has 0 aromatic heterocycles. The molecular formula is C24H30N4O4. The lowest BCUT2D eigenvalue weighted by molar-refractivity contribution is -0.136. The fourth-order valence-electron chi connectivity index (χ4n) is 4.03. The van der Waals surface area contributed by atoms with Gasteiger partial charge in [0.25, 0.3) is 0 Å². The number of carbonyl (C=O) groups is 3. The van der Waals surface area contributed by atoms with Gasteiger partial charge in [-0.2, -0.15) is 0 Å². The summed E-state index contributed by atoms with van der Waals surface area (Å²) in [6, 6.07) is 14.9. The Hall–Kier alpha value is -3.39. The molecule has 2 aromatic rings. The number of likely N-dealkylation sites (tertiary alicyclic amines) is 1. The number of amides is 3. The van der Waals surface area contributed by atoms with Gasteiger partial charge in [-0.3, -0.25) is 14.4 Å². The SMILES string of the molecule is COc1cccc(CC(N)C(=O)N[C@@H](CC(=O)N2CCC[C@@H]2c2ccccc2)C(N)=O)c1. The second-order valence-electron chi connectivity index (χ2n) is 7.99. The lowest BCUT2D eigenvalue weighted by Crippen LogP contribution is -2.52. The minimum Gasteiger partial charge on any atom is -0.497 e. The molecule has 1 heterocycles. The summed E-state index contributed by atoms with van der Waals surface area (Å²) in [4.78, 5) is 39.3. The van der Waals surface area contributed by atoms with Crippen LogP contribution in [0.2, 0.25) is 0 Å². The smallest absolute Gasteiger partial charge is 0.240 e. The predicted molar refractivity (Wildman–Crippen MR) is 121 cm³/mol. The summed E-state index contributed by atoms with van der Waals surface area (Å²) in [6.45, 7) is 0.604. The van der Waals surface area contributed by atoms with E-state index in [1.54, 1.807) is 24.1 Å². The number of hydrogen-bond donors (Lipinski definition) is 3. The van der Waals surface area contributed by atoms with E-state index in [1.807, 2.05) is 42.5 Å². The summed E-state index contributed by atoms with van der Waals surface area (Å²) >= 11 is 0. The van der Waals surface area contributed by atoms with E-state index in [1.165, 1.54) is 0 Å². The van der Waals surface area contributed by atoms with Crippen LogP contribution in [0.15, 0.2) is 54.6 Å². The first-order valence-electron chi connectivity index (χ1n) is 10.7. The van der Waals surface area contributed by atoms with E-state index in [0.29, 0.717) is 12.3 Å². The first-order valence-corrected chi connectivity index (χ1v) is 10.7. The maximum absolute atomic E-state index is 13.0. The molecule has 170 valence electrons. The van der Waals surface area contributed by atoms with Crippen molar-refractivity contribution in [2.24, 2.45) is 11.5 Å². The molecule has 0 radical (unpaired) electrons. The van der Waals surface area contributed by atoms with Gasteiger partial charge in [0.05, 0.1) is 25.6 Å². The number of primary amides is 1. The lowest BCUT2D eigenvalue weighted by atomic mass is 10.0. The number of methoxy groups -OCH3 is 1. The van der Waals surface area contributed by atoms with Crippen molar-refractivity contribution in [3.05, 3.63) is 65.7 Å². The molecule has 1 saturated heterocycles. The average molecular weight is 439 g/mol. The Labute approximate surface area is 187 Å². The molecule has 1 unspecified atom stereocenters. The van der Waals surface area contributed by atoms with E-state index in [2.05, 4.69) is 5.32 Å². The van der Waals surface area contributed by atoms with Crippen molar-refractivity contribution < 1.29 is 19.1 Å². The Balaban J connectivity index is 1.61. The van der Waals surface area contributed by atoms with Crippen molar-refractivity contribution in [2.45, 2.75) is 43.8 Å². The molecule has 3 rings (SSSR count). The van der Waals surface area contributed by atoms with E-state index >= 15 is 0 Å². The van der Waals surface area contributed by atoms with Crippen molar-refractivity contribution >= 4 is 17.7 Å². The third kappa shape index (κ3) is 5.85. The zero-order valence-electron chi connectivity index (χ0n) is 18.2. The predicted octanol–water partition coefficient (Wildman–Crippen LogP) is 1.29. The van der Waals surface area contributed by atoms with Gasteiger partial charge < -0.3 is 26.4 Å². The van der Waals surface area contributed by atoms with Gasteiger partial charge in [0.15, 0.2) is 0 Å². The highest BCUT2D eigenvalue weighted by Crippen LogP contribution is 2.32. The van der Waals surface area contributed by atoms with E-state index in [0.717, 1.165) is 24.0 Å². The minimum absolute atomic E-state index is 0.0387. The first-order chi connectivity index (χ1) is 15.4. The third-order valence-corrected chi connectivity index (χ3v) is 5.72. The second-order valence-corrected chi connectivity index (χ2v) is 7.99. The van der Waals surface area contributed by atoms with Crippen LogP contribution in [-0.4, -0.2) is 48.4 Å². The molecule has 8 nitrogen and oxygen atoms in total. The first kappa shape index (κ1) is 23.3. The molecule has 3 amide bonds. The molecule has 1 aliphatic rings. The molecule has 0 spiro atoms. The number of ether oxygens (including phenoxy) is 1. The Kier molecular flexibility index (Phi) is 7.83. The zero-order chi connectivity index (χ0) is 23.1. The third-order valence-electron chi connectivity index (χ3n) is 5.72. The van der Waals surface area contributed by atoms with E-state index in [-0.39, 0.29) is 24.8 Å². The summed E-state index contributed by atoms with van der Waals surface area (Å²) in [5, 5.41) is 2.56. The fourth-order valence-corrected chi connectivity index (χ4v) is 4.03. The molecule has 0 saturated carbocycles. The number of carbonyl (C=O) groups excluding carboxylic acids is 3. The Morgan fingerprint density at radius 2 is 1.91 bits per heavy atom. The summed E-state index contributed by atoms with van der Waals surface area (Å²) in [5.41, 5.74) is 13.4. The topological polar surface area (TPSA) is 128 Å². The monoisotopic (exact) mass is 438 g/mol. The molecule has 32 heavy (non-hydrogen) atoms. The molecule has 3 atom stereocenters. The highest BCUT2D eigenvalue weighted by molar-refractivity contribution is 5.92. The molecule has 1 fully saturated rings. The largest absolute Gasteiger partial charge is 0.497 e. The van der Waals surface area contributed by atoms with Crippen LogP contribution in [0.5, 0.6) is 5.75 Å². The number of hydrogen-bond acceptors (Lipinski definition) is 5. The van der Waals surface area contributed by atoms with Crippen LogP contribution in [-0.2, 0) is 20.8 Å². The van der Waals surface area contributed by atoms with Crippen molar-refractivity contribution in [3.8, 4) is 5.75 Å². The maximum Gasteiger partial charge on any atom is 0.240 e. The van der Waals surface area contributed by atoms with Gasteiger partial charge in [-0.05, 0) is 42.5 Å². The van der Waals surface area contributed by atoms with Crippen LogP contribution in [0.3, 0.4) is 0 Å². The standard InChI is InChI=1S/C24H30N4O4/c1-32-18-10-5-7-16(13-18)14-19(25)24(31)27-20(23(26)30)15-22(29)28-12-6-11-21(28)17-8-3-2-4-9-17/h2-5,7-10,13,19-21H,6,11-12,14-15,25H2,1H3,(H2,26,30)(H,27,31)/t19?,20-,21+/m0/s1. The zero-order valence-corrected chi connectivity index (χ0v) is 18.2. The Morgan fingerprint density at radius 1 is 1.16 bits per heavy atom. The quantitative estimate of drug-likeness (QED) is 0.544. The molecule has 0 bridgehead atoms. The Morgan fingerprint density at radius 3 is 2.59 bits per heavy atom. The van der Waals surface area contributed by atoms with Gasteiger partial charge in [0.2, 0.25) is 17.7 Å². The van der Waals surface area contributed by atoms with Gasteiger partial charge in [0, 0.05) is 6.54 Å². The molecule has 2 aromatic carbocycles. The van der Waals surface area contributed by atoms with E-state index < -0.39 is 23.9 Å². The molecule has 1 aliphatic heterocycles. The average Bonchev–Trinajstić information content (AvgIpc) is 3.29. The fraction of sp³-hybridized carbons (Fsp3) is 0.375. The van der Waals surface area contributed by atoms with Gasteiger partial charge >= 0.3 is 0 Å². The van der Waals surface area contributed by atoms with Gasteiger partial charge in [-0.15, -0.1) is 0 Å². The van der Waals surface area contributed by atoms with Crippen LogP contribution < -0.4 is 21.5 Å². The highest BCUT2D eigenvalue weighted by Gasteiger charge is 2.33. The molecule has 8 heteroatoms. The van der Waals surface area contributed by atoms with Gasteiger partial charge in [0.1, 0.15) is 11.8 Å². The number of nitrogens with two attached hydrogens (primary N) is 2. The number of rotatable bonds is 9. The van der Waals surface area contributed by atoms with Crippen LogP contribution in [0.4, 0.5) is 0 Å². The summed E-state index contributed by atoms with van der Waals surface area (Å²) < 4.78 is 5.18. The number of nitrogens with zero attached hydrogens (tertiary/aromatic N) is 1. The van der Waals surface area contributed by atoms with E-state index in [4.69, 9.17) is 16.2 Å². The second kappa shape index (κ2) is 10.8. The molecule has 0 aliphatic carbocycles. The summed E-state index contributed by atoms with van der Waals surface area (Å²) in [7, 11) is 1.56. The number of benzene rings is 2. The van der Waals surface area contributed by atoms with Crippen molar-refractivity contribution in [1.82, 2.24) is 10.2 Å². The summed E-state index contributed by atoms with van der Waals surface area (Å²) in [5.74, 6) is -0.864. The van der Waals surface area contributed by atoms with Crippen molar-refractivity contribution in [1.29, 1.82) is 0 Å². The summed E-state index contributed by atoms with van der Waals surface area (Å²) in [6.07, 6.45) is 1.79. The normalized spacial score (nSPS) is 17.4. The van der Waals surface area contributed by atoms with Crippen LogP contribution in [0.25, 0.3) is 0 Å². The maximum atomic E-state index is 13.0. The van der Waals surface area contributed by atoms with Gasteiger partial charge in [-0.25, -0.2) is 0 Å². The van der Waals surface area contributed by atoms with Crippen molar-refractivity contribution in [2.75, 3.05) is 13.7 Å². The minimum atomic E-state index is -1.12. The molecular weight excluding hydrogens is 408 g/mol. The number of nitrogens with one attached hydrogen (secondary N) is 1. The van der Waals surface area contributed by atoms with Crippen molar-refractivity contribution in [3.63, 3.8) is 0 Å². The van der Waals surface area contributed by atoms with Crippen LogP contribution >= 0.6 is 0 Å².